The van der Waals surface area contributed by atoms with E-state index in [9.17, 15) is 19.8 Å². The zero-order valence-electron chi connectivity index (χ0n) is 11.4. The van der Waals surface area contributed by atoms with E-state index < -0.39 is 5.41 Å². The highest BCUT2D eigenvalue weighted by molar-refractivity contribution is 9.09. The number of aliphatic hydroxyl groups excluding tert-OH is 1. The van der Waals surface area contributed by atoms with Crippen LogP contribution in [0.5, 0.6) is 5.75 Å². The van der Waals surface area contributed by atoms with Crippen LogP contribution >= 0.6 is 31.9 Å². The number of phenolic OH excluding ortho intramolecular Hbond substituents is 1. The fourth-order valence-corrected chi connectivity index (χ4v) is 4.53. The fourth-order valence-electron chi connectivity index (χ4n) is 2.88. The summed E-state index contributed by atoms with van der Waals surface area (Å²) >= 11 is 6.79. The van der Waals surface area contributed by atoms with Gasteiger partial charge in [0, 0.05) is 33.6 Å². The van der Waals surface area contributed by atoms with E-state index in [1.807, 2.05) is 0 Å². The summed E-state index contributed by atoms with van der Waals surface area (Å²) < 4.78 is 0. The average molecular weight is 428 g/mol. The minimum Gasteiger partial charge on any atom is -0.507 e. The number of rotatable bonds is 2. The number of aliphatic hydroxyl groups is 1. The summed E-state index contributed by atoms with van der Waals surface area (Å²) in [6, 6.07) is 4.46. The Bertz CT molecular complexity index is 757. The number of hydrogen-bond acceptors (Lipinski definition) is 4. The molecule has 3 rings (SSSR count). The number of benzene rings is 1. The highest BCUT2D eigenvalue weighted by atomic mass is 79.9. The molecule has 1 aromatic rings. The number of Topliss-reactive ketones (excluding diaryl/α,β-unsaturated/α-hetero) is 2. The molecule has 0 radical (unpaired) electrons. The van der Waals surface area contributed by atoms with Gasteiger partial charge in [0.25, 0.3) is 0 Å². The van der Waals surface area contributed by atoms with Gasteiger partial charge in [0.05, 0.1) is 11.1 Å². The maximum atomic E-state index is 12.7. The van der Waals surface area contributed by atoms with Crippen LogP contribution in [0.1, 0.15) is 22.3 Å². The first kappa shape index (κ1) is 15.5. The predicted octanol–water partition coefficient (Wildman–Crippen LogP) is 3.53. The molecule has 1 aromatic carbocycles. The molecule has 0 fully saturated rings. The molecule has 0 spiro atoms. The molecule has 0 unspecified atom stereocenters. The molecule has 0 saturated heterocycles. The Labute approximate surface area is 143 Å². The highest BCUT2D eigenvalue weighted by Gasteiger charge is 2.43. The van der Waals surface area contributed by atoms with Crippen LogP contribution in [0.4, 0.5) is 0 Å². The van der Waals surface area contributed by atoms with Gasteiger partial charge in [0.2, 0.25) is 0 Å². The molecule has 0 bridgehead atoms. The number of hydrogen-bond donors (Lipinski definition) is 2. The second kappa shape index (κ2) is 5.35. The lowest BCUT2D eigenvalue weighted by atomic mass is 9.71. The molecule has 0 aromatic heterocycles. The summed E-state index contributed by atoms with van der Waals surface area (Å²) in [5.74, 6) is -1.17. The van der Waals surface area contributed by atoms with Crippen molar-refractivity contribution in [2.75, 3.05) is 10.7 Å². The first-order valence-electron chi connectivity index (χ1n) is 6.63. The second-order valence-electron chi connectivity index (χ2n) is 5.54. The fraction of sp³-hybridized carbons (Fsp3) is 0.250. The number of phenols is 1. The van der Waals surface area contributed by atoms with Gasteiger partial charge in [-0.1, -0.05) is 50.1 Å². The van der Waals surface area contributed by atoms with Gasteiger partial charge in [-0.05, 0) is 6.07 Å². The monoisotopic (exact) mass is 426 g/mol. The Morgan fingerprint density at radius 2 is 1.82 bits per heavy atom. The van der Waals surface area contributed by atoms with E-state index in [0.717, 1.165) is 0 Å². The van der Waals surface area contributed by atoms with Crippen molar-refractivity contribution in [1.29, 1.82) is 0 Å². The molecule has 0 amide bonds. The highest BCUT2D eigenvalue weighted by Crippen LogP contribution is 2.45. The Morgan fingerprint density at radius 1 is 1.14 bits per heavy atom. The molecule has 22 heavy (non-hydrogen) atoms. The molecule has 0 atom stereocenters. The van der Waals surface area contributed by atoms with E-state index in [1.54, 1.807) is 6.08 Å². The van der Waals surface area contributed by atoms with Crippen LogP contribution < -0.4 is 0 Å². The number of ketones is 2. The van der Waals surface area contributed by atoms with Crippen LogP contribution in [0, 0.1) is 5.41 Å². The summed E-state index contributed by atoms with van der Waals surface area (Å²) in [6.07, 6.45) is 1.93. The largest absolute Gasteiger partial charge is 0.507 e. The number of allylic oxidation sites excluding steroid dienone is 3. The first-order chi connectivity index (χ1) is 10.4. The Hall–Kier alpha value is -1.40. The number of carbonyl (C=O) groups is 2. The van der Waals surface area contributed by atoms with Crippen molar-refractivity contribution in [3.05, 3.63) is 46.5 Å². The zero-order chi connectivity index (χ0) is 16.1. The smallest absolute Gasteiger partial charge is 0.194 e. The average Bonchev–Trinajstić information content (AvgIpc) is 2.51. The van der Waals surface area contributed by atoms with Crippen LogP contribution in [-0.4, -0.2) is 32.4 Å². The van der Waals surface area contributed by atoms with E-state index in [2.05, 4.69) is 31.9 Å². The molecule has 2 N–H and O–H groups in total. The summed E-state index contributed by atoms with van der Waals surface area (Å²) in [7, 11) is 0. The second-order valence-corrected chi connectivity index (χ2v) is 6.66. The van der Waals surface area contributed by atoms with Gasteiger partial charge in [-0.25, -0.2) is 0 Å². The van der Waals surface area contributed by atoms with Gasteiger partial charge in [-0.15, -0.1) is 0 Å². The maximum absolute atomic E-state index is 12.7. The van der Waals surface area contributed by atoms with Gasteiger partial charge in [0.1, 0.15) is 11.5 Å². The molecule has 6 heteroatoms. The van der Waals surface area contributed by atoms with Crippen molar-refractivity contribution in [3.8, 4) is 5.75 Å². The third kappa shape index (κ3) is 2.08. The Balaban J connectivity index is 2.32. The first-order valence-corrected chi connectivity index (χ1v) is 8.87. The molecule has 4 nitrogen and oxygen atoms in total. The van der Waals surface area contributed by atoms with Crippen molar-refractivity contribution in [2.45, 2.75) is 6.42 Å². The molecular weight excluding hydrogens is 416 g/mol. The van der Waals surface area contributed by atoms with Gasteiger partial charge >= 0.3 is 0 Å². The summed E-state index contributed by atoms with van der Waals surface area (Å²) in [6.45, 7) is 0. The van der Waals surface area contributed by atoms with Gasteiger partial charge in [-0.2, -0.15) is 0 Å². The number of aromatic hydroxyl groups is 1. The lowest BCUT2D eigenvalue weighted by molar-refractivity contribution is -0.116. The minimum absolute atomic E-state index is 0.0107. The summed E-state index contributed by atoms with van der Waals surface area (Å²) in [5.41, 5.74) is -0.0269. The number of alkyl halides is 2. The minimum atomic E-state index is -0.500. The van der Waals surface area contributed by atoms with E-state index in [0.29, 0.717) is 10.7 Å². The van der Waals surface area contributed by atoms with Crippen molar-refractivity contribution < 1.29 is 19.8 Å². The van der Waals surface area contributed by atoms with Crippen molar-refractivity contribution in [2.24, 2.45) is 5.41 Å². The molecule has 2 aliphatic carbocycles. The van der Waals surface area contributed by atoms with Crippen LogP contribution in [0.15, 0.2) is 35.4 Å². The summed E-state index contributed by atoms with van der Waals surface area (Å²) in [4.78, 5) is 25.2. The van der Waals surface area contributed by atoms with Gasteiger partial charge in [0.15, 0.2) is 11.6 Å². The topological polar surface area (TPSA) is 74.6 Å². The third-order valence-electron chi connectivity index (χ3n) is 4.05. The Kier molecular flexibility index (Phi) is 3.77. The van der Waals surface area contributed by atoms with Crippen molar-refractivity contribution >= 4 is 49.2 Å². The molecule has 114 valence electrons. The van der Waals surface area contributed by atoms with E-state index in [1.165, 1.54) is 18.2 Å². The zero-order valence-corrected chi connectivity index (χ0v) is 14.6. The lowest BCUT2D eigenvalue weighted by Gasteiger charge is -2.34. The van der Waals surface area contributed by atoms with E-state index in [4.69, 9.17) is 0 Å². The summed E-state index contributed by atoms with van der Waals surface area (Å²) in [5, 5.41) is 21.4. The predicted molar refractivity (Wildman–Crippen MR) is 89.7 cm³/mol. The van der Waals surface area contributed by atoms with Crippen LogP contribution in [0.3, 0.4) is 0 Å². The van der Waals surface area contributed by atoms with Crippen LogP contribution in [-0.2, 0) is 4.79 Å². The lowest BCUT2D eigenvalue weighted by Crippen LogP contribution is -2.35. The van der Waals surface area contributed by atoms with Crippen molar-refractivity contribution in [1.82, 2.24) is 0 Å². The van der Waals surface area contributed by atoms with Gasteiger partial charge < -0.3 is 10.2 Å². The normalized spacial score (nSPS) is 19.6. The van der Waals surface area contributed by atoms with Crippen LogP contribution in [0.25, 0.3) is 5.76 Å². The number of halogens is 2. The number of carbonyl (C=O) groups excluding carboxylic acids is 2. The quantitative estimate of drug-likeness (QED) is 0.708. The molecule has 0 aliphatic heterocycles. The van der Waals surface area contributed by atoms with Crippen molar-refractivity contribution in [3.63, 3.8) is 0 Å². The third-order valence-corrected chi connectivity index (χ3v) is 6.28. The van der Waals surface area contributed by atoms with Gasteiger partial charge in [-0.3, -0.25) is 9.59 Å². The van der Waals surface area contributed by atoms with E-state index in [-0.39, 0.29) is 51.8 Å². The molecule has 0 saturated carbocycles. The molecule has 2 aliphatic rings. The SMILES string of the molecule is O=C1CC(CBr)(CBr)C=C2C(=O)c3cccc(O)c3C(O)=C12. The molecule has 0 heterocycles. The molecular formula is C16H12Br2O4. The standard InChI is InChI=1S/C16H12Br2O4/c17-6-16(7-18)4-9-13(11(20)5-16)15(22)12-8(14(9)21)2-1-3-10(12)19/h1-4,19,22H,5-7H2. The maximum Gasteiger partial charge on any atom is 0.194 e. The number of fused-ring (bicyclic) bond motifs is 2. The Morgan fingerprint density at radius 3 is 2.45 bits per heavy atom. The van der Waals surface area contributed by atoms with Crippen LogP contribution in [0.2, 0.25) is 0 Å². The van der Waals surface area contributed by atoms with E-state index >= 15 is 0 Å².